The van der Waals surface area contributed by atoms with Crippen LogP contribution in [0.25, 0.3) is 11.1 Å². The zero-order valence-electron chi connectivity index (χ0n) is 23.2. The number of hydrogen-bond acceptors (Lipinski definition) is 5. The number of pyridine rings is 1. The summed E-state index contributed by atoms with van der Waals surface area (Å²) in [6, 6.07) is 20.5. The fourth-order valence-electron chi connectivity index (χ4n) is 5.25. The molecule has 3 heterocycles. The summed E-state index contributed by atoms with van der Waals surface area (Å²) in [4.78, 5) is 37.1. The summed E-state index contributed by atoms with van der Waals surface area (Å²) in [7, 11) is 0. The molecule has 1 aliphatic heterocycles. The zero-order chi connectivity index (χ0) is 27.9. The molecule has 1 aliphatic rings. The van der Waals surface area contributed by atoms with Gasteiger partial charge in [0.05, 0.1) is 6.20 Å². The Bertz CT molecular complexity index is 1440. The third kappa shape index (κ3) is 6.82. The molecular formula is C32H36N6O2. The van der Waals surface area contributed by atoms with E-state index in [1.165, 1.54) is 5.56 Å². The number of benzene rings is 2. The van der Waals surface area contributed by atoms with Gasteiger partial charge in [0.15, 0.2) is 0 Å². The van der Waals surface area contributed by atoms with Gasteiger partial charge in [-0.05, 0) is 59.4 Å². The molecule has 0 spiro atoms. The van der Waals surface area contributed by atoms with Crippen LogP contribution in [0.1, 0.15) is 30.0 Å². The van der Waals surface area contributed by atoms with Crippen LogP contribution in [0.2, 0.25) is 0 Å². The van der Waals surface area contributed by atoms with Crippen molar-refractivity contribution in [1.82, 2.24) is 24.6 Å². The SMILES string of the molecule is CC(=O)N1CCCN(Cc2ccccc2)CCN(C(=O)Cn2cc(C)cn2)Cc2cc(-c3cccnc3)ccc21. The van der Waals surface area contributed by atoms with Crippen molar-refractivity contribution in [2.45, 2.75) is 39.9 Å². The molecule has 40 heavy (non-hydrogen) atoms. The fraction of sp³-hybridized carbons (Fsp3) is 0.312. The molecule has 8 heteroatoms. The number of carbonyl (C=O) groups is 2. The molecule has 0 fully saturated rings. The lowest BCUT2D eigenvalue weighted by Crippen LogP contribution is -2.40. The Hall–Kier alpha value is -4.30. The van der Waals surface area contributed by atoms with Crippen molar-refractivity contribution in [3.8, 4) is 11.1 Å². The standard InChI is InChI=1S/C32H36N6O2/c1-25-19-34-37(21-25)24-32(40)36-17-16-35(22-27-8-4-3-5-9-27)14-7-15-38(26(2)39)31-12-11-28(18-30(31)23-36)29-10-6-13-33-20-29/h3-6,8-13,18-21H,7,14-17,22-24H2,1-2H3. The second-order valence-corrected chi connectivity index (χ2v) is 10.4. The highest BCUT2D eigenvalue weighted by atomic mass is 16.2. The lowest BCUT2D eigenvalue weighted by Gasteiger charge is -2.28. The lowest BCUT2D eigenvalue weighted by atomic mass is 10.0. The van der Waals surface area contributed by atoms with Gasteiger partial charge < -0.3 is 9.80 Å². The monoisotopic (exact) mass is 536 g/mol. The summed E-state index contributed by atoms with van der Waals surface area (Å²) >= 11 is 0. The van der Waals surface area contributed by atoms with Crippen LogP contribution in [-0.4, -0.2) is 62.6 Å². The Morgan fingerprint density at radius 1 is 0.900 bits per heavy atom. The third-order valence-corrected chi connectivity index (χ3v) is 7.31. The first-order valence-electron chi connectivity index (χ1n) is 13.8. The number of aromatic nitrogens is 3. The van der Waals surface area contributed by atoms with Crippen LogP contribution in [-0.2, 0) is 29.2 Å². The number of hydrogen-bond donors (Lipinski definition) is 0. The largest absolute Gasteiger partial charge is 0.335 e. The van der Waals surface area contributed by atoms with E-state index < -0.39 is 0 Å². The van der Waals surface area contributed by atoms with E-state index in [4.69, 9.17) is 0 Å². The molecular weight excluding hydrogens is 500 g/mol. The number of carbonyl (C=O) groups excluding carboxylic acids is 2. The minimum Gasteiger partial charge on any atom is -0.335 e. The molecule has 8 nitrogen and oxygen atoms in total. The first-order chi connectivity index (χ1) is 19.5. The lowest BCUT2D eigenvalue weighted by molar-refractivity contribution is -0.133. The highest BCUT2D eigenvalue weighted by Crippen LogP contribution is 2.29. The first kappa shape index (κ1) is 27.3. The summed E-state index contributed by atoms with van der Waals surface area (Å²) < 4.78 is 1.69. The average molecular weight is 537 g/mol. The van der Waals surface area contributed by atoms with Gasteiger partial charge in [0.2, 0.25) is 11.8 Å². The molecule has 0 atom stereocenters. The summed E-state index contributed by atoms with van der Waals surface area (Å²) in [6.07, 6.45) is 8.07. The second-order valence-electron chi connectivity index (χ2n) is 10.4. The number of nitrogens with zero attached hydrogens (tertiary/aromatic N) is 6. The highest BCUT2D eigenvalue weighted by molar-refractivity contribution is 5.93. The van der Waals surface area contributed by atoms with E-state index >= 15 is 0 Å². The van der Waals surface area contributed by atoms with Crippen LogP contribution >= 0.6 is 0 Å². The van der Waals surface area contributed by atoms with Gasteiger partial charge in [-0.25, -0.2) is 0 Å². The second kappa shape index (κ2) is 12.7. The third-order valence-electron chi connectivity index (χ3n) is 7.31. The van der Waals surface area contributed by atoms with Crippen LogP contribution in [0.4, 0.5) is 5.69 Å². The number of rotatable bonds is 5. The van der Waals surface area contributed by atoms with Gasteiger partial charge in [-0.15, -0.1) is 0 Å². The van der Waals surface area contributed by atoms with Crippen molar-refractivity contribution in [2.24, 2.45) is 0 Å². The number of amides is 2. The van der Waals surface area contributed by atoms with Crippen molar-refractivity contribution in [3.63, 3.8) is 0 Å². The van der Waals surface area contributed by atoms with Crippen LogP contribution in [0.15, 0.2) is 85.5 Å². The molecule has 0 aliphatic carbocycles. The van der Waals surface area contributed by atoms with Crippen LogP contribution in [0.5, 0.6) is 0 Å². The van der Waals surface area contributed by atoms with Gasteiger partial charge >= 0.3 is 0 Å². The first-order valence-corrected chi connectivity index (χ1v) is 13.8. The van der Waals surface area contributed by atoms with E-state index in [1.807, 2.05) is 59.4 Å². The van der Waals surface area contributed by atoms with Crippen molar-refractivity contribution in [2.75, 3.05) is 31.1 Å². The quantitative estimate of drug-likeness (QED) is 0.374. The van der Waals surface area contributed by atoms with Crippen molar-refractivity contribution >= 4 is 17.5 Å². The molecule has 5 rings (SSSR count). The van der Waals surface area contributed by atoms with Crippen LogP contribution in [0.3, 0.4) is 0 Å². The summed E-state index contributed by atoms with van der Waals surface area (Å²) in [5, 5.41) is 4.34. The maximum atomic E-state index is 13.7. The summed E-state index contributed by atoms with van der Waals surface area (Å²) in [6.45, 7) is 7.67. The molecule has 0 bridgehead atoms. The average Bonchev–Trinajstić information content (AvgIpc) is 3.36. The molecule has 4 aromatic rings. The predicted octanol–water partition coefficient (Wildman–Crippen LogP) is 4.54. The highest BCUT2D eigenvalue weighted by Gasteiger charge is 2.23. The summed E-state index contributed by atoms with van der Waals surface area (Å²) in [5.41, 5.74) is 6.04. The molecule has 206 valence electrons. The van der Waals surface area contributed by atoms with E-state index in [1.54, 1.807) is 24.0 Å². The minimum absolute atomic E-state index is 0.00544. The Labute approximate surface area is 235 Å². The minimum atomic E-state index is -0.00545. The molecule has 2 aromatic carbocycles. The summed E-state index contributed by atoms with van der Waals surface area (Å²) in [5.74, 6) is -0.0109. The van der Waals surface area contributed by atoms with Gasteiger partial charge in [-0.1, -0.05) is 42.5 Å². The van der Waals surface area contributed by atoms with Crippen LogP contribution < -0.4 is 4.90 Å². The Morgan fingerprint density at radius 3 is 2.48 bits per heavy atom. The van der Waals surface area contributed by atoms with Gasteiger partial charge in [0.1, 0.15) is 6.54 Å². The maximum Gasteiger partial charge on any atom is 0.244 e. The van der Waals surface area contributed by atoms with Gasteiger partial charge in [-0.3, -0.25) is 24.2 Å². The molecule has 2 amide bonds. The van der Waals surface area contributed by atoms with Crippen molar-refractivity contribution in [1.29, 1.82) is 0 Å². The molecule has 0 saturated heterocycles. The Kier molecular flexibility index (Phi) is 8.66. The predicted molar refractivity (Wildman–Crippen MR) is 156 cm³/mol. The Morgan fingerprint density at radius 2 is 1.75 bits per heavy atom. The van der Waals surface area contributed by atoms with E-state index in [-0.39, 0.29) is 18.4 Å². The maximum absolute atomic E-state index is 13.7. The fourth-order valence-corrected chi connectivity index (χ4v) is 5.25. The Balaban J connectivity index is 1.50. The zero-order valence-corrected chi connectivity index (χ0v) is 23.2. The molecule has 0 unspecified atom stereocenters. The van der Waals surface area contributed by atoms with Crippen molar-refractivity contribution < 1.29 is 9.59 Å². The van der Waals surface area contributed by atoms with Gasteiger partial charge in [0, 0.05) is 70.5 Å². The molecule has 0 saturated carbocycles. The van der Waals surface area contributed by atoms with Gasteiger partial charge in [-0.2, -0.15) is 5.10 Å². The van der Waals surface area contributed by atoms with E-state index in [9.17, 15) is 9.59 Å². The molecule has 0 N–H and O–H groups in total. The number of fused-ring (bicyclic) bond motifs is 1. The van der Waals surface area contributed by atoms with Crippen LogP contribution in [0, 0.1) is 6.92 Å². The van der Waals surface area contributed by atoms with Gasteiger partial charge in [0.25, 0.3) is 0 Å². The molecule has 0 radical (unpaired) electrons. The van der Waals surface area contributed by atoms with E-state index in [0.717, 1.165) is 54.0 Å². The van der Waals surface area contributed by atoms with E-state index in [0.29, 0.717) is 19.6 Å². The smallest absolute Gasteiger partial charge is 0.244 e. The number of aryl methyl sites for hydroxylation is 1. The number of anilines is 1. The normalized spacial score (nSPS) is 14.8. The topological polar surface area (TPSA) is 74.6 Å². The van der Waals surface area contributed by atoms with E-state index in [2.05, 4.69) is 45.3 Å². The van der Waals surface area contributed by atoms with Crippen molar-refractivity contribution in [3.05, 3.63) is 102 Å². The molecule has 2 aromatic heterocycles.